The standard InChI is InChI=1S/C12H19NO2S/c1-4-9-6-7-10(16-9)11(14)13-8-12(3,15)5-2/h6-7,15H,4-5,8H2,1-3H3,(H,13,14). The molecule has 0 saturated carbocycles. The van der Waals surface area contributed by atoms with E-state index in [9.17, 15) is 9.90 Å². The zero-order valence-corrected chi connectivity index (χ0v) is 10.9. The topological polar surface area (TPSA) is 49.3 Å². The van der Waals surface area contributed by atoms with Crippen molar-refractivity contribution >= 4 is 17.2 Å². The number of amides is 1. The fraction of sp³-hybridized carbons (Fsp3) is 0.583. The van der Waals surface area contributed by atoms with E-state index in [-0.39, 0.29) is 5.91 Å². The van der Waals surface area contributed by atoms with Gasteiger partial charge in [0.05, 0.1) is 10.5 Å². The van der Waals surface area contributed by atoms with Crippen molar-refractivity contribution in [3.63, 3.8) is 0 Å². The molecule has 90 valence electrons. The van der Waals surface area contributed by atoms with E-state index in [0.29, 0.717) is 17.8 Å². The smallest absolute Gasteiger partial charge is 0.261 e. The van der Waals surface area contributed by atoms with Gasteiger partial charge in [-0.25, -0.2) is 0 Å². The maximum atomic E-state index is 11.7. The van der Waals surface area contributed by atoms with Crippen molar-refractivity contribution in [3.05, 3.63) is 21.9 Å². The fourth-order valence-electron chi connectivity index (χ4n) is 1.17. The van der Waals surface area contributed by atoms with E-state index in [2.05, 4.69) is 12.2 Å². The first-order valence-electron chi connectivity index (χ1n) is 5.58. The van der Waals surface area contributed by atoms with Gasteiger partial charge in [-0.1, -0.05) is 13.8 Å². The Morgan fingerprint density at radius 2 is 2.19 bits per heavy atom. The Balaban J connectivity index is 2.53. The van der Waals surface area contributed by atoms with Gasteiger partial charge < -0.3 is 10.4 Å². The summed E-state index contributed by atoms with van der Waals surface area (Å²) < 4.78 is 0. The lowest BCUT2D eigenvalue weighted by Gasteiger charge is -2.21. The summed E-state index contributed by atoms with van der Waals surface area (Å²) in [4.78, 5) is 13.6. The van der Waals surface area contributed by atoms with E-state index in [1.807, 2.05) is 19.1 Å². The average Bonchev–Trinajstić information content (AvgIpc) is 2.74. The van der Waals surface area contributed by atoms with Crippen LogP contribution in [0.15, 0.2) is 12.1 Å². The van der Waals surface area contributed by atoms with E-state index >= 15 is 0 Å². The van der Waals surface area contributed by atoms with Crippen molar-refractivity contribution in [2.24, 2.45) is 0 Å². The lowest BCUT2D eigenvalue weighted by Crippen LogP contribution is -2.39. The minimum absolute atomic E-state index is 0.0987. The molecule has 0 aromatic carbocycles. The van der Waals surface area contributed by atoms with Gasteiger partial charge in [0.15, 0.2) is 0 Å². The molecule has 2 N–H and O–H groups in total. The van der Waals surface area contributed by atoms with Gasteiger partial charge in [-0.15, -0.1) is 11.3 Å². The van der Waals surface area contributed by atoms with E-state index < -0.39 is 5.60 Å². The van der Waals surface area contributed by atoms with Gasteiger partial charge in [0.25, 0.3) is 5.91 Å². The number of thiophene rings is 1. The van der Waals surface area contributed by atoms with Crippen LogP contribution in [0, 0.1) is 0 Å². The number of aliphatic hydroxyl groups is 1. The van der Waals surface area contributed by atoms with E-state index in [1.165, 1.54) is 16.2 Å². The normalized spacial score (nSPS) is 14.5. The molecule has 1 unspecified atom stereocenters. The van der Waals surface area contributed by atoms with Crippen molar-refractivity contribution in [2.45, 2.75) is 39.2 Å². The van der Waals surface area contributed by atoms with Gasteiger partial charge >= 0.3 is 0 Å². The summed E-state index contributed by atoms with van der Waals surface area (Å²) in [6.45, 7) is 5.97. The molecule has 0 aliphatic rings. The maximum absolute atomic E-state index is 11.7. The van der Waals surface area contributed by atoms with Gasteiger partial charge in [-0.05, 0) is 31.9 Å². The lowest BCUT2D eigenvalue weighted by atomic mass is 10.0. The molecule has 0 radical (unpaired) electrons. The number of aryl methyl sites for hydroxylation is 1. The van der Waals surface area contributed by atoms with Gasteiger partial charge in [0.2, 0.25) is 0 Å². The summed E-state index contributed by atoms with van der Waals surface area (Å²) >= 11 is 1.51. The monoisotopic (exact) mass is 241 g/mol. The molecule has 1 rings (SSSR count). The first-order valence-corrected chi connectivity index (χ1v) is 6.39. The molecule has 1 aromatic rings. The Bertz CT molecular complexity index is 358. The molecule has 0 bridgehead atoms. The molecule has 1 heterocycles. The Morgan fingerprint density at radius 1 is 1.50 bits per heavy atom. The first-order chi connectivity index (χ1) is 7.48. The summed E-state index contributed by atoms with van der Waals surface area (Å²) in [5.41, 5.74) is -0.819. The number of hydrogen-bond acceptors (Lipinski definition) is 3. The highest BCUT2D eigenvalue weighted by Crippen LogP contribution is 2.17. The van der Waals surface area contributed by atoms with Crippen LogP contribution in [-0.4, -0.2) is 23.2 Å². The third-order valence-electron chi connectivity index (χ3n) is 2.63. The Labute approximate surface area is 100 Å². The summed E-state index contributed by atoms with van der Waals surface area (Å²) in [5, 5.41) is 12.5. The van der Waals surface area contributed by atoms with E-state index in [1.54, 1.807) is 6.92 Å². The molecule has 16 heavy (non-hydrogen) atoms. The van der Waals surface area contributed by atoms with Crippen LogP contribution in [0.2, 0.25) is 0 Å². The molecule has 3 nitrogen and oxygen atoms in total. The lowest BCUT2D eigenvalue weighted by molar-refractivity contribution is 0.0519. The van der Waals surface area contributed by atoms with Gasteiger partial charge in [-0.3, -0.25) is 4.79 Å². The second kappa shape index (κ2) is 5.46. The molecule has 0 aliphatic heterocycles. The number of hydrogen-bond donors (Lipinski definition) is 2. The van der Waals surface area contributed by atoms with Gasteiger partial charge in [-0.2, -0.15) is 0 Å². The molecule has 4 heteroatoms. The van der Waals surface area contributed by atoms with E-state index in [0.717, 1.165) is 6.42 Å². The summed E-state index contributed by atoms with van der Waals surface area (Å²) in [7, 11) is 0. The quantitative estimate of drug-likeness (QED) is 0.830. The van der Waals surface area contributed by atoms with Crippen LogP contribution in [0.3, 0.4) is 0 Å². The van der Waals surface area contributed by atoms with Gasteiger partial charge in [0, 0.05) is 11.4 Å². The van der Waals surface area contributed by atoms with Crippen molar-refractivity contribution in [1.82, 2.24) is 5.32 Å². The number of carbonyl (C=O) groups excluding carboxylic acids is 1. The summed E-state index contributed by atoms with van der Waals surface area (Å²) in [6.07, 6.45) is 1.57. The fourth-order valence-corrected chi connectivity index (χ4v) is 2.04. The molecule has 0 aliphatic carbocycles. The zero-order valence-electron chi connectivity index (χ0n) is 10.0. The Hall–Kier alpha value is -0.870. The average molecular weight is 241 g/mol. The maximum Gasteiger partial charge on any atom is 0.261 e. The largest absolute Gasteiger partial charge is 0.388 e. The van der Waals surface area contributed by atoms with Gasteiger partial charge in [0.1, 0.15) is 0 Å². The van der Waals surface area contributed by atoms with Crippen LogP contribution in [-0.2, 0) is 6.42 Å². The summed E-state index contributed by atoms with van der Waals surface area (Å²) in [5.74, 6) is -0.0987. The third-order valence-corrected chi connectivity index (χ3v) is 3.85. The number of rotatable bonds is 5. The van der Waals surface area contributed by atoms with Crippen LogP contribution in [0.4, 0.5) is 0 Å². The highest BCUT2D eigenvalue weighted by Gasteiger charge is 2.19. The molecule has 1 aromatic heterocycles. The predicted octanol–water partition coefficient (Wildman–Crippen LogP) is 2.20. The second-order valence-corrected chi connectivity index (χ2v) is 5.32. The molecular formula is C12H19NO2S. The molecule has 0 fully saturated rings. The second-order valence-electron chi connectivity index (χ2n) is 4.15. The first kappa shape index (κ1) is 13.2. The number of nitrogens with one attached hydrogen (secondary N) is 1. The minimum Gasteiger partial charge on any atom is -0.388 e. The van der Waals surface area contributed by atoms with Crippen LogP contribution >= 0.6 is 11.3 Å². The SMILES string of the molecule is CCc1ccc(C(=O)NCC(C)(O)CC)s1. The van der Waals surface area contributed by atoms with Crippen molar-refractivity contribution in [1.29, 1.82) is 0 Å². The molecule has 1 amide bonds. The molecule has 1 atom stereocenters. The van der Waals surface area contributed by atoms with E-state index in [4.69, 9.17) is 0 Å². The Kier molecular flexibility index (Phi) is 4.50. The Morgan fingerprint density at radius 3 is 2.69 bits per heavy atom. The molecule has 0 saturated heterocycles. The molecule has 0 spiro atoms. The minimum atomic E-state index is -0.819. The highest BCUT2D eigenvalue weighted by atomic mass is 32.1. The molecular weight excluding hydrogens is 222 g/mol. The zero-order chi connectivity index (χ0) is 12.2. The van der Waals surface area contributed by atoms with Crippen molar-refractivity contribution < 1.29 is 9.90 Å². The van der Waals surface area contributed by atoms with Crippen LogP contribution in [0.1, 0.15) is 41.7 Å². The van der Waals surface area contributed by atoms with Crippen molar-refractivity contribution in [3.8, 4) is 0 Å². The highest BCUT2D eigenvalue weighted by molar-refractivity contribution is 7.14. The number of carbonyl (C=O) groups is 1. The third kappa shape index (κ3) is 3.61. The van der Waals surface area contributed by atoms with Crippen LogP contribution in [0.25, 0.3) is 0 Å². The van der Waals surface area contributed by atoms with Crippen molar-refractivity contribution in [2.75, 3.05) is 6.54 Å². The van der Waals surface area contributed by atoms with Crippen LogP contribution < -0.4 is 5.32 Å². The predicted molar refractivity (Wildman–Crippen MR) is 66.9 cm³/mol. The van der Waals surface area contributed by atoms with Crippen LogP contribution in [0.5, 0.6) is 0 Å². The summed E-state index contributed by atoms with van der Waals surface area (Å²) in [6, 6.07) is 3.80.